The Morgan fingerprint density at radius 2 is 1.62 bits per heavy atom. The van der Waals surface area contributed by atoms with E-state index in [1.807, 2.05) is 30.3 Å². The molecule has 0 bridgehead atoms. The lowest BCUT2D eigenvalue weighted by molar-refractivity contribution is 0.0951. The fourth-order valence-corrected chi connectivity index (χ4v) is 4.07. The first-order valence-electron chi connectivity index (χ1n) is 8.59. The maximum Gasteiger partial charge on any atom is 0.251 e. The van der Waals surface area contributed by atoms with Crippen molar-refractivity contribution in [3.05, 3.63) is 65.7 Å². The summed E-state index contributed by atoms with van der Waals surface area (Å²) in [6.45, 7) is 4.68. The van der Waals surface area contributed by atoms with Gasteiger partial charge in [-0.05, 0) is 29.8 Å². The van der Waals surface area contributed by atoms with Gasteiger partial charge >= 0.3 is 0 Å². The Balaban J connectivity index is 2.03. The zero-order valence-electron chi connectivity index (χ0n) is 15.1. The van der Waals surface area contributed by atoms with Gasteiger partial charge in [0.25, 0.3) is 5.91 Å². The molecule has 0 heterocycles. The van der Waals surface area contributed by atoms with Gasteiger partial charge in [-0.3, -0.25) is 4.79 Å². The van der Waals surface area contributed by atoms with Crippen LogP contribution in [0, 0.1) is 0 Å². The van der Waals surface area contributed by atoms with Crippen molar-refractivity contribution >= 4 is 15.9 Å². The quantitative estimate of drug-likeness (QED) is 0.739. The van der Waals surface area contributed by atoms with Crippen molar-refractivity contribution in [3.63, 3.8) is 0 Å². The second kappa shape index (κ2) is 8.93. The zero-order chi connectivity index (χ0) is 19.2. The molecule has 2 aromatic carbocycles. The van der Waals surface area contributed by atoms with E-state index in [1.54, 1.807) is 13.8 Å². The summed E-state index contributed by atoms with van der Waals surface area (Å²) < 4.78 is 26.3. The molecule has 1 atom stereocenters. The first kappa shape index (κ1) is 20.1. The van der Waals surface area contributed by atoms with Gasteiger partial charge in [0.15, 0.2) is 0 Å². The summed E-state index contributed by atoms with van der Waals surface area (Å²) in [5.41, 5.74) is 7.40. The Morgan fingerprint density at radius 3 is 2.15 bits per heavy atom. The van der Waals surface area contributed by atoms with Crippen molar-refractivity contribution in [3.8, 4) is 0 Å². The van der Waals surface area contributed by atoms with Gasteiger partial charge in [-0.1, -0.05) is 44.2 Å². The van der Waals surface area contributed by atoms with Crippen LogP contribution in [0.2, 0.25) is 0 Å². The van der Waals surface area contributed by atoms with Crippen LogP contribution in [0.4, 0.5) is 0 Å². The molecule has 7 heteroatoms. The standard InChI is InChI=1S/C19H25N3O3S/c1-3-22(4-2)26(24,25)17-12-10-16(11-13-17)19(23)21-14-18(20)15-8-6-5-7-9-15/h5-13,18H,3-4,14,20H2,1-2H3,(H,21,23). The van der Waals surface area contributed by atoms with Crippen molar-refractivity contribution in [1.29, 1.82) is 0 Å². The van der Waals surface area contributed by atoms with Crippen LogP contribution in [0.15, 0.2) is 59.5 Å². The maximum atomic E-state index is 12.5. The first-order valence-corrected chi connectivity index (χ1v) is 10.0. The Bertz CT molecular complexity index is 817. The monoisotopic (exact) mass is 375 g/mol. The zero-order valence-corrected chi connectivity index (χ0v) is 15.9. The van der Waals surface area contributed by atoms with Crippen molar-refractivity contribution < 1.29 is 13.2 Å². The molecular weight excluding hydrogens is 350 g/mol. The summed E-state index contributed by atoms with van der Waals surface area (Å²) in [7, 11) is -3.52. The predicted molar refractivity (Wildman–Crippen MR) is 102 cm³/mol. The van der Waals surface area contributed by atoms with Crippen molar-refractivity contribution in [2.24, 2.45) is 5.73 Å². The number of hydrogen-bond acceptors (Lipinski definition) is 4. The normalized spacial score (nSPS) is 12.8. The van der Waals surface area contributed by atoms with Gasteiger partial charge in [0.05, 0.1) is 4.90 Å². The van der Waals surface area contributed by atoms with Crippen LogP contribution in [-0.4, -0.2) is 38.3 Å². The highest BCUT2D eigenvalue weighted by molar-refractivity contribution is 7.89. The number of hydrogen-bond donors (Lipinski definition) is 2. The summed E-state index contributed by atoms with van der Waals surface area (Å²) in [4.78, 5) is 12.4. The van der Waals surface area contributed by atoms with Crippen LogP contribution in [0.1, 0.15) is 35.8 Å². The van der Waals surface area contributed by atoms with E-state index in [9.17, 15) is 13.2 Å². The smallest absolute Gasteiger partial charge is 0.251 e. The molecule has 0 aliphatic heterocycles. The molecule has 6 nitrogen and oxygen atoms in total. The Labute approximate surface area is 155 Å². The molecule has 0 fully saturated rings. The lowest BCUT2D eigenvalue weighted by Gasteiger charge is -2.18. The van der Waals surface area contributed by atoms with E-state index >= 15 is 0 Å². The molecule has 2 rings (SSSR count). The fourth-order valence-electron chi connectivity index (χ4n) is 2.61. The second-order valence-electron chi connectivity index (χ2n) is 5.84. The molecule has 1 amide bonds. The maximum absolute atomic E-state index is 12.5. The first-order chi connectivity index (χ1) is 12.4. The summed E-state index contributed by atoms with van der Waals surface area (Å²) in [6.07, 6.45) is 0. The van der Waals surface area contributed by atoms with Gasteiger partial charge in [-0.2, -0.15) is 4.31 Å². The van der Waals surface area contributed by atoms with Gasteiger partial charge in [-0.25, -0.2) is 8.42 Å². The highest BCUT2D eigenvalue weighted by Crippen LogP contribution is 2.16. The molecule has 2 aromatic rings. The van der Waals surface area contributed by atoms with Gasteiger partial charge < -0.3 is 11.1 Å². The lowest BCUT2D eigenvalue weighted by atomic mass is 10.1. The van der Waals surface area contributed by atoms with E-state index < -0.39 is 10.0 Å². The molecule has 0 radical (unpaired) electrons. The number of carbonyl (C=O) groups is 1. The SMILES string of the molecule is CCN(CC)S(=O)(=O)c1ccc(C(=O)NCC(N)c2ccccc2)cc1. The number of carbonyl (C=O) groups excluding carboxylic acids is 1. The number of amides is 1. The number of nitrogens with one attached hydrogen (secondary N) is 1. The van der Waals surface area contributed by atoms with Crippen LogP contribution in [0.5, 0.6) is 0 Å². The number of sulfonamides is 1. The van der Waals surface area contributed by atoms with Gasteiger partial charge in [-0.15, -0.1) is 0 Å². The molecular formula is C19H25N3O3S. The van der Waals surface area contributed by atoms with Crippen LogP contribution in [0.3, 0.4) is 0 Å². The van der Waals surface area contributed by atoms with Crippen LogP contribution in [-0.2, 0) is 10.0 Å². The molecule has 0 aliphatic rings. The molecule has 140 valence electrons. The third-order valence-electron chi connectivity index (χ3n) is 4.17. The third-order valence-corrected chi connectivity index (χ3v) is 6.23. The Morgan fingerprint density at radius 1 is 1.04 bits per heavy atom. The summed E-state index contributed by atoms with van der Waals surface area (Å²) in [5, 5.41) is 2.78. The minimum Gasteiger partial charge on any atom is -0.350 e. The number of rotatable bonds is 8. The minimum atomic E-state index is -3.52. The van der Waals surface area contributed by atoms with Crippen LogP contribution in [0.25, 0.3) is 0 Å². The highest BCUT2D eigenvalue weighted by atomic mass is 32.2. The number of nitrogens with two attached hydrogens (primary N) is 1. The topological polar surface area (TPSA) is 92.5 Å². The largest absolute Gasteiger partial charge is 0.350 e. The van der Waals surface area contributed by atoms with E-state index in [2.05, 4.69) is 5.32 Å². The molecule has 0 aliphatic carbocycles. The van der Waals surface area contributed by atoms with Gasteiger partial charge in [0.2, 0.25) is 10.0 Å². The van der Waals surface area contributed by atoms with E-state index in [0.29, 0.717) is 25.2 Å². The summed E-state index contributed by atoms with van der Waals surface area (Å²) >= 11 is 0. The lowest BCUT2D eigenvalue weighted by Crippen LogP contribution is -2.32. The number of benzene rings is 2. The molecule has 0 spiro atoms. The van der Waals surface area contributed by atoms with E-state index in [-0.39, 0.29) is 16.8 Å². The van der Waals surface area contributed by atoms with E-state index in [1.165, 1.54) is 28.6 Å². The Kier molecular flexibility index (Phi) is 6.90. The fraction of sp³-hybridized carbons (Fsp3) is 0.316. The van der Waals surface area contributed by atoms with E-state index in [0.717, 1.165) is 5.56 Å². The van der Waals surface area contributed by atoms with Gasteiger partial charge in [0.1, 0.15) is 0 Å². The highest BCUT2D eigenvalue weighted by Gasteiger charge is 2.21. The van der Waals surface area contributed by atoms with Crippen molar-refractivity contribution in [2.45, 2.75) is 24.8 Å². The predicted octanol–water partition coefficient (Wildman–Crippen LogP) is 2.15. The summed E-state index contributed by atoms with van der Waals surface area (Å²) in [6, 6.07) is 15.1. The van der Waals surface area contributed by atoms with Crippen LogP contribution >= 0.6 is 0 Å². The van der Waals surface area contributed by atoms with Crippen LogP contribution < -0.4 is 11.1 Å². The average Bonchev–Trinajstić information content (AvgIpc) is 2.67. The molecule has 26 heavy (non-hydrogen) atoms. The molecule has 0 saturated carbocycles. The van der Waals surface area contributed by atoms with E-state index in [4.69, 9.17) is 5.73 Å². The molecule has 0 saturated heterocycles. The van der Waals surface area contributed by atoms with Gasteiger partial charge in [0, 0.05) is 31.2 Å². The molecule has 0 aromatic heterocycles. The Hall–Kier alpha value is -2.22. The molecule has 3 N–H and O–H groups in total. The van der Waals surface area contributed by atoms with Crippen molar-refractivity contribution in [1.82, 2.24) is 9.62 Å². The van der Waals surface area contributed by atoms with Crippen molar-refractivity contribution in [2.75, 3.05) is 19.6 Å². The minimum absolute atomic E-state index is 0.179. The molecule has 1 unspecified atom stereocenters. The third kappa shape index (κ3) is 4.69. The summed E-state index contributed by atoms with van der Waals surface area (Å²) in [5.74, 6) is -0.289. The number of nitrogens with zero attached hydrogens (tertiary/aromatic N) is 1. The average molecular weight is 375 g/mol. The second-order valence-corrected chi connectivity index (χ2v) is 7.78.